The highest BCUT2D eigenvalue weighted by molar-refractivity contribution is 5.91. The zero-order valence-electron chi connectivity index (χ0n) is 11.5. The molecule has 20 heavy (non-hydrogen) atoms. The van der Waals surface area contributed by atoms with Gasteiger partial charge in [0.05, 0.1) is 18.4 Å². The van der Waals surface area contributed by atoms with Crippen molar-refractivity contribution < 1.29 is 9.53 Å². The van der Waals surface area contributed by atoms with E-state index in [-0.39, 0.29) is 12.5 Å². The summed E-state index contributed by atoms with van der Waals surface area (Å²) >= 11 is 0. The topological polar surface area (TPSA) is 77.2 Å². The summed E-state index contributed by atoms with van der Waals surface area (Å²) in [5, 5.41) is 2.62. The minimum atomic E-state index is -0.255. The summed E-state index contributed by atoms with van der Waals surface area (Å²) in [7, 11) is 0. The van der Waals surface area contributed by atoms with Crippen LogP contribution in [-0.2, 0) is 4.79 Å². The Labute approximate surface area is 117 Å². The summed E-state index contributed by atoms with van der Waals surface area (Å²) in [6.07, 6.45) is 1.54. The Morgan fingerprint density at radius 3 is 2.75 bits per heavy atom. The van der Waals surface area contributed by atoms with Crippen LogP contribution in [0.5, 0.6) is 11.6 Å². The molecule has 0 saturated carbocycles. The number of anilines is 1. The maximum Gasteiger partial charge on any atom is 0.238 e. The standard InChI is InChI=1S/C15H17N3O2/c1-10-3-4-11(2)13(7-10)20-15-6-5-12(9-17-15)18-14(19)8-16/h3-7,9H,8,16H2,1-2H3,(H,18,19). The number of nitrogens with zero attached hydrogens (tertiary/aromatic N) is 1. The number of nitrogens with two attached hydrogens (primary N) is 1. The number of nitrogens with one attached hydrogen (secondary N) is 1. The number of aryl methyl sites for hydroxylation is 2. The van der Waals surface area contributed by atoms with Gasteiger partial charge >= 0.3 is 0 Å². The summed E-state index contributed by atoms with van der Waals surface area (Å²) in [5.74, 6) is 0.996. The molecule has 5 nitrogen and oxygen atoms in total. The van der Waals surface area contributed by atoms with Crippen molar-refractivity contribution in [1.82, 2.24) is 4.98 Å². The lowest BCUT2D eigenvalue weighted by Crippen LogP contribution is -2.21. The molecule has 1 aromatic carbocycles. The molecule has 0 aliphatic rings. The van der Waals surface area contributed by atoms with Crippen molar-refractivity contribution in [3.05, 3.63) is 47.7 Å². The number of benzene rings is 1. The van der Waals surface area contributed by atoms with E-state index < -0.39 is 0 Å². The van der Waals surface area contributed by atoms with Crippen LogP contribution < -0.4 is 15.8 Å². The predicted octanol–water partition coefficient (Wildman–Crippen LogP) is 2.39. The molecule has 3 N–H and O–H groups in total. The molecule has 0 saturated heterocycles. The minimum absolute atomic E-state index is 0.0548. The van der Waals surface area contributed by atoms with Gasteiger partial charge in [0, 0.05) is 6.07 Å². The first kappa shape index (κ1) is 14.0. The highest BCUT2D eigenvalue weighted by Crippen LogP contribution is 2.25. The van der Waals surface area contributed by atoms with E-state index in [0.717, 1.165) is 16.9 Å². The van der Waals surface area contributed by atoms with E-state index in [2.05, 4.69) is 10.3 Å². The van der Waals surface area contributed by atoms with Gasteiger partial charge in [-0.25, -0.2) is 4.98 Å². The fourth-order valence-electron chi connectivity index (χ4n) is 1.66. The van der Waals surface area contributed by atoms with E-state index in [1.807, 2.05) is 32.0 Å². The zero-order valence-corrected chi connectivity index (χ0v) is 11.5. The fourth-order valence-corrected chi connectivity index (χ4v) is 1.66. The molecular formula is C15H17N3O2. The Morgan fingerprint density at radius 1 is 1.30 bits per heavy atom. The quantitative estimate of drug-likeness (QED) is 0.895. The van der Waals surface area contributed by atoms with Gasteiger partial charge in [0.25, 0.3) is 0 Å². The third kappa shape index (κ3) is 3.55. The smallest absolute Gasteiger partial charge is 0.238 e. The first-order valence-corrected chi connectivity index (χ1v) is 6.29. The van der Waals surface area contributed by atoms with Crippen LogP contribution in [0.15, 0.2) is 36.5 Å². The van der Waals surface area contributed by atoms with Gasteiger partial charge in [-0.05, 0) is 37.1 Å². The third-order valence-corrected chi connectivity index (χ3v) is 2.76. The minimum Gasteiger partial charge on any atom is -0.439 e. The summed E-state index contributed by atoms with van der Waals surface area (Å²) in [6, 6.07) is 9.41. The second-order valence-corrected chi connectivity index (χ2v) is 4.51. The van der Waals surface area contributed by atoms with Crippen LogP contribution >= 0.6 is 0 Å². The van der Waals surface area contributed by atoms with Crippen LogP contribution in [0.2, 0.25) is 0 Å². The molecule has 0 bridgehead atoms. The molecule has 0 unspecified atom stereocenters. The van der Waals surface area contributed by atoms with Crippen molar-refractivity contribution >= 4 is 11.6 Å². The number of ether oxygens (including phenoxy) is 1. The van der Waals surface area contributed by atoms with E-state index >= 15 is 0 Å². The maximum absolute atomic E-state index is 11.1. The maximum atomic E-state index is 11.1. The second kappa shape index (κ2) is 6.16. The average Bonchev–Trinajstić information content (AvgIpc) is 2.45. The Morgan fingerprint density at radius 2 is 2.10 bits per heavy atom. The van der Waals surface area contributed by atoms with Crippen molar-refractivity contribution in [2.24, 2.45) is 5.73 Å². The molecule has 0 radical (unpaired) electrons. The molecule has 1 amide bonds. The van der Waals surface area contributed by atoms with E-state index in [9.17, 15) is 4.79 Å². The molecule has 2 aromatic rings. The molecule has 1 heterocycles. The summed E-state index contributed by atoms with van der Waals surface area (Å²) in [5.41, 5.74) is 7.98. The number of aromatic nitrogens is 1. The second-order valence-electron chi connectivity index (χ2n) is 4.51. The van der Waals surface area contributed by atoms with Gasteiger partial charge in [0.15, 0.2) is 0 Å². The number of pyridine rings is 1. The first-order chi connectivity index (χ1) is 9.58. The van der Waals surface area contributed by atoms with Crippen LogP contribution in [0.4, 0.5) is 5.69 Å². The number of carbonyl (C=O) groups is 1. The molecule has 104 valence electrons. The molecule has 0 aliphatic carbocycles. The average molecular weight is 271 g/mol. The largest absolute Gasteiger partial charge is 0.439 e. The molecule has 0 fully saturated rings. The van der Waals surface area contributed by atoms with Gasteiger partial charge in [-0.3, -0.25) is 4.79 Å². The predicted molar refractivity (Wildman–Crippen MR) is 77.9 cm³/mol. The molecule has 0 spiro atoms. The Hall–Kier alpha value is -2.40. The van der Waals surface area contributed by atoms with Gasteiger partial charge in [-0.15, -0.1) is 0 Å². The van der Waals surface area contributed by atoms with Crippen LogP contribution in [0.25, 0.3) is 0 Å². The van der Waals surface area contributed by atoms with E-state index in [1.54, 1.807) is 12.1 Å². The number of hydrogen-bond donors (Lipinski definition) is 2. The van der Waals surface area contributed by atoms with Crippen molar-refractivity contribution in [1.29, 1.82) is 0 Å². The fraction of sp³-hybridized carbons (Fsp3) is 0.200. The van der Waals surface area contributed by atoms with Crippen LogP contribution in [0.1, 0.15) is 11.1 Å². The van der Waals surface area contributed by atoms with Crippen molar-refractivity contribution in [3.63, 3.8) is 0 Å². The van der Waals surface area contributed by atoms with Gasteiger partial charge < -0.3 is 15.8 Å². The van der Waals surface area contributed by atoms with Crippen LogP contribution in [-0.4, -0.2) is 17.4 Å². The molecule has 2 rings (SSSR count). The Kier molecular flexibility index (Phi) is 4.32. The zero-order chi connectivity index (χ0) is 14.5. The first-order valence-electron chi connectivity index (χ1n) is 6.29. The molecule has 5 heteroatoms. The number of hydrogen-bond acceptors (Lipinski definition) is 4. The summed E-state index contributed by atoms with van der Waals surface area (Å²) in [6.45, 7) is 3.93. The molecule has 0 atom stereocenters. The van der Waals surface area contributed by atoms with Gasteiger partial charge in [0.2, 0.25) is 11.8 Å². The van der Waals surface area contributed by atoms with Crippen LogP contribution in [0, 0.1) is 13.8 Å². The van der Waals surface area contributed by atoms with Gasteiger partial charge in [0.1, 0.15) is 5.75 Å². The van der Waals surface area contributed by atoms with E-state index in [1.165, 1.54) is 6.20 Å². The normalized spacial score (nSPS) is 10.2. The number of carbonyl (C=O) groups excluding carboxylic acids is 1. The van der Waals surface area contributed by atoms with Crippen molar-refractivity contribution in [2.45, 2.75) is 13.8 Å². The highest BCUT2D eigenvalue weighted by Gasteiger charge is 2.04. The van der Waals surface area contributed by atoms with Crippen molar-refractivity contribution in [3.8, 4) is 11.6 Å². The molecular weight excluding hydrogens is 254 g/mol. The van der Waals surface area contributed by atoms with Gasteiger partial charge in [-0.1, -0.05) is 12.1 Å². The van der Waals surface area contributed by atoms with Gasteiger partial charge in [-0.2, -0.15) is 0 Å². The SMILES string of the molecule is Cc1ccc(C)c(Oc2ccc(NC(=O)CN)cn2)c1. The molecule has 1 aromatic heterocycles. The van der Waals surface area contributed by atoms with Crippen LogP contribution in [0.3, 0.4) is 0 Å². The van der Waals surface area contributed by atoms with E-state index in [0.29, 0.717) is 11.6 Å². The highest BCUT2D eigenvalue weighted by atomic mass is 16.5. The van der Waals surface area contributed by atoms with E-state index in [4.69, 9.17) is 10.5 Å². The molecule has 0 aliphatic heterocycles. The Balaban J connectivity index is 2.10. The lowest BCUT2D eigenvalue weighted by atomic mass is 10.1. The lowest BCUT2D eigenvalue weighted by Gasteiger charge is -2.09. The third-order valence-electron chi connectivity index (χ3n) is 2.76. The summed E-state index contributed by atoms with van der Waals surface area (Å²) in [4.78, 5) is 15.3. The Bertz CT molecular complexity index is 609. The number of rotatable bonds is 4. The lowest BCUT2D eigenvalue weighted by molar-refractivity contribution is -0.114. The summed E-state index contributed by atoms with van der Waals surface area (Å²) < 4.78 is 5.73. The van der Waals surface area contributed by atoms with Crippen molar-refractivity contribution in [2.75, 3.05) is 11.9 Å². The monoisotopic (exact) mass is 271 g/mol. The number of amides is 1.